The predicted molar refractivity (Wildman–Crippen MR) is 100 cm³/mol. The molecule has 0 aliphatic heterocycles. The van der Waals surface area contributed by atoms with Gasteiger partial charge in [-0.2, -0.15) is 0 Å². The average Bonchev–Trinajstić information content (AvgIpc) is 3.08. The molecule has 2 heterocycles. The summed E-state index contributed by atoms with van der Waals surface area (Å²) in [6, 6.07) is 14.7. The summed E-state index contributed by atoms with van der Waals surface area (Å²) in [6.07, 6.45) is 1.67. The molecule has 26 heavy (non-hydrogen) atoms. The van der Waals surface area contributed by atoms with Crippen molar-refractivity contribution in [3.8, 4) is 10.7 Å². The molecule has 0 saturated heterocycles. The number of ether oxygens (including phenoxy) is 1. The highest BCUT2D eigenvalue weighted by Gasteiger charge is 2.20. The van der Waals surface area contributed by atoms with Gasteiger partial charge in [-0.3, -0.25) is 9.78 Å². The number of hydrogen-bond acceptors (Lipinski definition) is 6. The zero-order chi connectivity index (χ0) is 18.5. The second-order valence-corrected chi connectivity index (χ2v) is 6.51. The number of hydrogen-bond donors (Lipinski definition) is 0. The Bertz CT molecular complexity index is 910. The fraction of sp³-hybridized carbons (Fsp3) is 0.158. The molecule has 0 radical (unpaired) electrons. The number of carbonyl (C=O) groups excluding carboxylic acids is 2. The van der Waals surface area contributed by atoms with Gasteiger partial charge in [0.15, 0.2) is 6.61 Å². The van der Waals surface area contributed by atoms with Crippen molar-refractivity contribution >= 4 is 28.9 Å². The molecule has 3 rings (SSSR count). The Morgan fingerprint density at radius 2 is 1.85 bits per heavy atom. The van der Waals surface area contributed by atoms with E-state index in [2.05, 4.69) is 9.97 Å². The highest BCUT2D eigenvalue weighted by atomic mass is 32.1. The van der Waals surface area contributed by atoms with Gasteiger partial charge in [0.1, 0.15) is 9.88 Å². The van der Waals surface area contributed by atoms with Crippen molar-refractivity contribution in [3.05, 3.63) is 65.3 Å². The number of esters is 1. The van der Waals surface area contributed by atoms with Gasteiger partial charge >= 0.3 is 5.97 Å². The first-order valence-corrected chi connectivity index (χ1v) is 8.75. The van der Waals surface area contributed by atoms with Crippen LogP contribution in [0.25, 0.3) is 10.7 Å². The van der Waals surface area contributed by atoms with E-state index in [9.17, 15) is 9.59 Å². The second kappa shape index (κ2) is 7.88. The van der Waals surface area contributed by atoms with Crippen molar-refractivity contribution in [2.24, 2.45) is 0 Å². The molecule has 3 aromatic rings. The van der Waals surface area contributed by atoms with Gasteiger partial charge in [-0.05, 0) is 31.2 Å². The minimum absolute atomic E-state index is 0.309. The fourth-order valence-corrected chi connectivity index (χ4v) is 3.21. The molecule has 0 N–H and O–H groups in total. The Morgan fingerprint density at radius 3 is 2.54 bits per heavy atom. The van der Waals surface area contributed by atoms with Crippen LogP contribution < -0.4 is 4.90 Å². The van der Waals surface area contributed by atoms with Crippen molar-refractivity contribution in [3.63, 3.8) is 0 Å². The van der Waals surface area contributed by atoms with Crippen molar-refractivity contribution in [1.82, 2.24) is 9.97 Å². The van der Waals surface area contributed by atoms with E-state index >= 15 is 0 Å². The molecule has 0 aliphatic rings. The van der Waals surface area contributed by atoms with E-state index in [-0.39, 0.29) is 12.5 Å². The van der Waals surface area contributed by atoms with E-state index < -0.39 is 5.97 Å². The summed E-state index contributed by atoms with van der Waals surface area (Å²) >= 11 is 1.20. The third kappa shape index (κ3) is 3.94. The Hall–Kier alpha value is -3.06. The number of carbonyl (C=O) groups is 2. The number of thiazole rings is 1. The van der Waals surface area contributed by atoms with E-state index in [1.54, 1.807) is 20.2 Å². The van der Waals surface area contributed by atoms with Crippen LogP contribution >= 0.6 is 11.3 Å². The maximum atomic E-state index is 12.3. The smallest absolute Gasteiger partial charge is 0.350 e. The molecule has 1 aromatic carbocycles. The molecule has 0 spiro atoms. The van der Waals surface area contributed by atoms with Crippen LogP contribution in [0.5, 0.6) is 0 Å². The van der Waals surface area contributed by atoms with Gasteiger partial charge in [-0.1, -0.05) is 24.3 Å². The monoisotopic (exact) mass is 367 g/mol. The first kappa shape index (κ1) is 17.8. The van der Waals surface area contributed by atoms with E-state index in [1.165, 1.54) is 16.2 Å². The minimum atomic E-state index is -0.558. The lowest BCUT2D eigenvalue weighted by molar-refractivity contribution is -0.121. The first-order chi connectivity index (χ1) is 12.6. The number of amides is 1. The van der Waals surface area contributed by atoms with Crippen LogP contribution in [-0.2, 0) is 9.53 Å². The van der Waals surface area contributed by atoms with Crippen LogP contribution in [0.1, 0.15) is 15.4 Å². The molecule has 2 aromatic heterocycles. The van der Waals surface area contributed by atoms with Crippen LogP contribution in [0.3, 0.4) is 0 Å². The summed E-state index contributed by atoms with van der Waals surface area (Å²) in [7, 11) is 1.64. The van der Waals surface area contributed by atoms with Crippen LogP contribution in [0, 0.1) is 6.92 Å². The Balaban J connectivity index is 1.65. The molecule has 0 fully saturated rings. The maximum absolute atomic E-state index is 12.3. The number of aryl methyl sites for hydroxylation is 1. The number of rotatable bonds is 5. The Kier molecular flexibility index (Phi) is 5.38. The van der Waals surface area contributed by atoms with E-state index in [1.807, 2.05) is 48.5 Å². The molecule has 1 amide bonds. The summed E-state index contributed by atoms with van der Waals surface area (Å²) in [5, 5.41) is 0.641. The van der Waals surface area contributed by atoms with E-state index in [0.29, 0.717) is 21.3 Å². The number of benzene rings is 1. The topological polar surface area (TPSA) is 72.4 Å². The summed E-state index contributed by atoms with van der Waals surface area (Å²) in [6.45, 7) is 1.40. The van der Waals surface area contributed by atoms with Gasteiger partial charge in [0.2, 0.25) is 0 Å². The average molecular weight is 367 g/mol. The lowest BCUT2D eigenvalue weighted by Crippen LogP contribution is -2.31. The molecular formula is C19H17N3O3S. The van der Waals surface area contributed by atoms with Crippen LogP contribution in [0.15, 0.2) is 54.7 Å². The van der Waals surface area contributed by atoms with Crippen LogP contribution in [-0.4, -0.2) is 35.5 Å². The van der Waals surface area contributed by atoms with Crippen LogP contribution in [0.2, 0.25) is 0 Å². The molecule has 0 saturated carbocycles. The Labute approximate surface area is 155 Å². The molecule has 132 valence electrons. The quantitative estimate of drug-likeness (QED) is 0.647. The molecule has 0 atom stereocenters. The van der Waals surface area contributed by atoms with Crippen molar-refractivity contribution in [2.45, 2.75) is 6.92 Å². The number of aromatic nitrogens is 2. The highest BCUT2D eigenvalue weighted by molar-refractivity contribution is 7.17. The van der Waals surface area contributed by atoms with Gasteiger partial charge in [0.25, 0.3) is 5.91 Å². The lowest BCUT2D eigenvalue weighted by Gasteiger charge is -2.16. The zero-order valence-electron chi connectivity index (χ0n) is 14.4. The van der Waals surface area contributed by atoms with Gasteiger partial charge < -0.3 is 9.64 Å². The summed E-state index contributed by atoms with van der Waals surface area (Å²) in [5.74, 6) is -0.867. The van der Waals surface area contributed by atoms with Gasteiger partial charge in [-0.15, -0.1) is 11.3 Å². The van der Waals surface area contributed by atoms with E-state index in [0.717, 1.165) is 5.69 Å². The third-order valence-electron chi connectivity index (χ3n) is 3.71. The summed E-state index contributed by atoms with van der Waals surface area (Å²) < 4.78 is 5.18. The largest absolute Gasteiger partial charge is 0.451 e. The SMILES string of the molecule is Cc1nc(-c2ccccn2)sc1C(=O)OCC(=O)N(C)c1ccccc1. The minimum Gasteiger partial charge on any atom is -0.451 e. The van der Waals surface area contributed by atoms with Crippen molar-refractivity contribution in [1.29, 1.82) is 0 Å². The third-order valence-corrected chi connectivity index (χ3v) is 4.87. The molecule has 0 bridgehead atoms. The van der Waals surface area contributed by atoms with E-state index in [4.69, 9.17) is 4.74 Å². The number of likely N-dealkylation sites (N-methyl/N-ethyl adjacent to an activating group) is 1. The zero-order valence-corrected chi connectivity index (χ0v) is 15.2. The highest BCUT2D eigenvalue weighted by Crippen LogP contribution is 2.26. The molecule has 0 unspecified atom stereocenters. The van der Waals surface area contributed by atoms with Crippen LogP contribution in [0.4, 0.5) is 5.69 Å². The van der Waals surface area contributed by atoms with Gasteiger partial charge in [-0.25, -0.2) is 9.78 Å². The summed E-state index contributed by atoms with van der Waals surface area (Å²) in [5.41, 5.74) is 1.99. The number of pyridine rings is 1. The molecule has 6 nitrogen and oxygen atoms in total. The number of nitrogens with zero attached hydrogens (tertiary/aromatic N) is 3. The lowest BCUT2D eigenvalue weighted by atomic mass is 10.3. The maximum Gasteiger partial charge on any atom is 0.350 e. The predicted octanol–water partition coefficient (Wildman–Crippen LogP) is 3.33. The van der Waals surface area contributed by atoms with Crippen molar-refractivity contribution < 1.29 is 14.3 Å². The first-order valence-electron chi connectivity index (χ1n) is 7.94. The number of anilines is 1. The second-order valence-electron chi connectivity index (χ2n) is 5.51. The fourth-order valence-electron chi connectivity index (χ4n) is 2.27. The molecular weight excluding hydrogens is 350 g/mol. The molecule has 7 heteroatoms. The summed E-state index contributed by atoms with van der Waals surface area (Å²) in [4.78, 5) is 35.0. The molecule has 0 aliphatic carbocycles. The Morgan fingerprint density at radius 1 is 1.12 bits per heavy atom. The standard InChI is InChI=1S/C19H17N3O3S/c1-13-17(26-18(21-13)15-10-6-7-11-20-15)19(24)25-12-16(23)22(2)14-8-4-3-5-9-14/h3-11H,12H2,1-2H3. The van der Waals surface area contributed by atoms with Crippen molar-refractivity contribution in [2.75, 3.05) is 18.6 Å². The normalized spacial score (nSPS) is 10.4. The van der Waals surface area contributed by atoms with Gasteiger partial charge in [0, 0.05) is 18.9 Å². The number of para-hydroxylation sites is 1. The van der Waals surface area contributed by atoms with Gasteiger partial charge in [0.05, 0.1) is 11.4 Å².